The second-order valence-corrected chi connectivity index (χ2v) is 3.26. The van der Waals surface area contributed by atoms with Gasteiger partial charge in [0.2, 0.25) is 0 Å². The molecule has 86 valence electrons. The topological polar surface area (TPSA) is 29.5 Å². The van der Waals surface area contributed by atoms with Crippen LogP contribution < -0.4 is 0 Å². The number of alkyl halides is 3. The summed E-state index contributed by atoms with van der Waals surface area (Å²) in [5.41, 5.74) is 0. The number of halogens is 3. The number of ether oxygens (including phenoxy) is 1. The van der Waals surface area contributed by atoms with Crippen LogP contribution in [0.25, 0.3) is 0 Å². The third-order valence-electron chi connectivity index (χ3n) is 2.08. The van der Waals surface area contributed by atoms with Gasteiger partial charge in [0.15, 0.2) is 6.10 Å². The maximum absolute atomic E-state index is 12.1. The van der Waals surface area contributed by atoms with Crippen molar-refractivity contribution in [1.82, 2.24) is 0 Å². The highest BCUT2D eigenvalue weighted by Gasteiger charge is 2.43. The van der Waals surface area contributed by atoms with E-state index in [1.54, 1.807) is 0 Å². The molecule has 0 spiro atoms. The molecule has 0 heterocycles. The Morgan fingerprint density at radius 1 is 1.29 bits per heavy atom. The first kappa shape index (κ1) is 13.7. The molecule has 5 heteroatoms. The number of unbranched alkanes of at least 4 members (excludes halogenated alkanes) is 2. The van der Waals surface area contributed by atoms with Crippen molar-refractivity contribution >= 4 is 0 Å². The van der Waals surface area contributed by atoms with Gasteiger partial charge in [0.25, 0.3) is 0 Å². The summed E-state index contributed by atoms with van der Waals surface area (Å²) in [6.07, 6.45) is -5.44. The Balaban J connectivity index is 3.99. The van der Waals surface area contributed by atoms with Gasteiger partial charge in [-0.15, -0.1) is 0 Å². The summed E-state index contributed by atoms with van der Waals surface area (Å²) >= 11 is 0. The van der Waals surface area contributed by atoms with E-state index in [1.807, 2.05) is 6.92 Å². The predicted octanol–water partition coefficient (Wildman–Crippen LogP) is 2.50. The van der Waals surface area contributed by atoms with Gasteiger partial charge < -0.3 is 9.84 Å². The lowest BCUT2D eigenvalue weighted by atomic mass is 10.1. The average molecular weight is 214 g/mol. The van der Waals surface area contributed by atoms with Gasteiger partial charge in [0, 0.05) is 7.11 Å². The zero-order valence-electron chi connectivity index (χ0n) is 8.47. The molecule has 14 heavy (non-hydrogen) atoms. The third kappa shape index (κ3) is 4.81. The smallest absolute Gasteiger partial charge is 0.381 e. The van der Waals surface area contributed by atoms with Crippen LogP contribution in [0.3, 0.4) is 0 Å². The summed E-state index contributed by atoms with van der Waals surface area (Å²) in [4.78, 5) is 0. The van der Waals surface area contributed by atoms with Crippen LogP contribution in [-0.4, -0.2) is 30.6 Å². The monoisotopic (exact) mass is 214 g/mol. The molecular weight excluding hydrogens is 197 g/mol. The van der Waals surface area contributed by atoms with E-state index in [9.17, 15) is 13.2 Å². The van der Waals surface area contributed by atoms with Crippen molar-refractivity contribution in [3.8, 4) is 0 Å². The Morgan fingerprint density at radius 3 is 2.21 bits per heavy atom. The number of aliphatic hydroxyl groups excluding tert-OH is 1. The minimum atomic E-state index is -4.59. The van der Waals surface area contributed by atoms with E-state index in [1.165, 1.54) is 7.11 Å². The van der Waals surface area contributed by atoms with Crippen LogP contribution in [0.2, 0.25) is 0 Å². The average Bonchev–Trinajstić information content (AvgIpc) is 2.10. The summed E-state index contributed by atoms with van der Waals surface area (Å²) in [6.45, 7) is 1.96. The molecule has 0 aromatic rings. The quantitative estimate of drug-likeness (QED) is 0.688. The lowest BCUT2D eigenvalue weighted by Crippen LogP contribution is -2.40. The minimum Gasteiger partial charge on any atom is -0.381 e. The van der Waals surface area contributed by atoms with Crippen molar-refractivity contribution in [3.63, 3.8) is 0 Å². The van der Waals surface area contributed by atoms with Crippen LogP contribution in [0.1, 0.15) is 32.6 Å². The molecule has 0 aliphatic carbocycles. The summed E-state index contributed by atoms with van der Waals surface area (Å²) in [7, 11) is 1.19. The van der Waals surface area contributed by atoms with Crippen molar-refractivity contribution < 1.29 is 23.0 Å². The number of hydrogen-bond acceptors (Lipinski definition) is 2. The highest BCUT2D eigenvalue weighted by atomic mass is 19.4. The zero-order chi connectivity index (χ0) is 11.2. The number of methoxy groups -OCH3 is 1. The Hall–Kier alpha value is -0.290. The molecule has 0 saturated carbocycles. The zero-order valence-corrected chi connectivity index (χ0v) is 8.47. The molecular formula is C9H17F3O2. The summed E-state index contributed by atoms with van der Waals surface area (Å²) < 4.78 is 40.8. The molecule has 1 N–H and O–H groups in total. The van der Waals surface area contributed by atoms with Gasteiger partial charge >= 0.3 is 6.18 Å². The van der Waals surface area contributed by atoms with Crippen molar-refractivity contribution in [1.29, 1.82) is 0 Å². The van der Waals surface area contributed by atoms with Crippen LogP contribution in [-0.2, 0) is 4.74 Å². The van der Waals surface area contributed by atoms with Crippen LogP contribution in [0.4, 0.5) is 13.2 Å². The highest BCUT2D eigenvalue weighted by Crippen LogP contribution is 2.25. The highest BCUT2D eigenvalue weighted by molar-refractivity contribution is 4.75. The normalized spacial score (nSPS) is 16.7. The lowest BCUT2D eigenvalue weighted by Gasteiger charge is -2.23. The molecule has 0 bridgehead atoms. The van der Waals surface area contributed by atoms with Crippen LogP contribution in [0, 0.1) is 0 Å². The Kier molecular flexibility index (Phi) is 6.11. The summed E-state index contributed by atoms with van der Waals surface area (Å²) in [5, 5.41) is 8.89. The van der Waals surface area contributed by atoms with Crippen LogP contribution >= 0.6 is 0 Å². The van der Waals surface area contributed by atoms with Gasteiger partial charge in [0.1, 0.15) is 0 Å². The van der Waals surface area contributed by atoms with Crippen molar-refractivity contribution in [2.24, 2.45) is 0 Å². The maximum atomic E-state index is 12.1. The van der Waals surface area contributed by atoms with E-state index >= 15 is 0 Å². The maximum Gasteiger partial charge on any atom is 0.416 e. The van der Waals surface area contributed by atoms with E-state index in [4.69, 9.17) is 5.11 Å². The van der Waals surface area contributed by atoms with Gasteiger partial charge in [0.05, 0.1) is 6.10 Å². The first-order valence-corrected chi connectivity index (χ1v) is 4.71. The van der Waals surface area contributed by atoms with E-state index in [0.717, 1.165) is 12.8 Å². The second-order valence-electron chi connectivity index (χ2n) is 3.26. The van der Waals surface area contributed by atoms with E-state index < -0.39 is 18.4 Å². The standard InChI is InChI=1S/C9H17F3O2/c1-3-4-5-6-7(14-2)8(13)9(10,11)12/h7-8,13H,3-6H2,1-2H3. The van der Waals surface area contributed by atoms with Gasteiger partial charge in [-0.25, -0.2) is 0 Å². The van der Waals surface area contributed by atoms with Crippen molar-refractivity contribution in [2.45, 2.75) is 51.0 Å². The summed E-state index contributed by atoms with van der Waals surface area (Å²) in [6, 6.07) is 0. The molecule has 2 nitrogen and oxygen atoms in total. The molecule has 0 radical (unpaired) electrons. The first-order valence-electron chi connectivity index (χ1n) is 4.71. The molecule has 0 fully saturated rings. The first-order chi connectivity index (χ1) is 6.43. The van der Waals surface area contributed by atoms with Crippen molar-refractivity contribution in [3.05, 3.63) is 0 Å². The predicted molar refractivity (Wildman–Crippen MR) is 47.0 cm³/mol. The largest absolute Gasteiger partial charge is 0.416 e. The van der Waals surface area contributed by atoms with Crippen molar-refractivity contribution in [2.75, 3.05) is 7.11 Å². The molecule has 0 aliphatic heterocycles. The van der Waals surface area contributed by atoms with Crippen LogP contribution in [0.5, 0.6) is 0 Å². The van der Waals surface area contributed by atoms with E-state index in [2.05, 4.69) is 4.74 Å². The van der Waals surface area contributed by atoms with Gasteiger partial charge in [-0.3, -0.25) is 0 Å². The van der Waals surface area contributed by atoms with Gasteiger partial charge in [-0.1, -0.05) is 26.2 Å². The number of hydrogen-bond donors (Lipinski definition) is 1. The fraction of sp³-hybridized carbons (Fsp3) is 1.00. The Bertz CT molecular complexity index is 147. The fourth-order valence-corrected chi connectivity index (χ4v) is 1.21. The number of aliphatic hydroxyl groups is 1. The van der Waals surface area contributed by atoms with Gasteiger partial charge in [-0.2, -0.15) is 13.2 Å². The lowest BCUT2D eigenvalue weighted by molar-refractivity contribution is -0.234. The summed E-state index contributed by atoms with van der Waals surface area (Å²) in [5.74, 6) is 0. The molecule has 0 saturated heterocycles. The SMILES string of the molecule is CCCCCC(OC)C(O)C(F)(F)F. The molecule has 0 aromatic carbocycles. The third-order valence-corrected chi connectivity index (χ3v) is 2.08. The molecule has 2 atom stereocenters. The molecule has 0 aliphatic rings. The Morgan fingerprint density at radius 2 is 1.86 bits per heavy atom. The second kappa shape index (κ2) is 6.24. The van der Waals surface area contributed by atoms with Crippen LogP contribution in [0.15, 0.2) is 0 Å². The molecule has 0 aromatic heterocycles. The minimum absolute atomic E-state index is 0.241. The van der Waals surface area contributed by atoms with Gasteiger partial charge in [-0.05, 0) is 6.42 Å². The molecule has 0 rings (SSSR count). The number of rotatable bonds is 6. The fourth-order valence-electron chi connectivity index (χ4n) is 1.21. The van der Waals surface area contributed by atoms with E-state index in [-0.39, 0.29) is 6.42 Å². The molecule has 0 amide bonds. The molecule has 2 unspecified atom stereocenters. The Labute approximate surface area is 82.1 Å². The van der Waals surface area contributed by atoms with E-state index in [0.29, 0.717) is 6.42 Å².